The van der Waals surface area contributed by atoms with E-state index in [4.69, 9.17) is 4.74 Å². The van der Waals surface area contributed by atoms with Crippen molar-refractivity contribution in [2.75, 3.05) is 13.1 Å². The highest BCUT2D eigenvalue weighted by Gasteiger charge is 2.51. The molecule has 1 aliphatic heterocycles. The van der Waals surface area contributed by atoms with Gasteiger partial charge in [0, 0.05) is 6.42 Å². The Balaban J connectivity index is 2.82. The van der Waals surface area contributed by atoms with Gasteiger partial charge in [-0.3, -0.25) is 9.69 Å². The minimum absolute atomic E-state index is 0.289. The maximum absolute atomic E-state index is 13.4. The van der Waals surface area contributed by atoms with E-state index >= 15 is 0 Å². The lowest BCUT2D eigenvalue weighted by atomic mass is 10.2. The van der Waals surface area contributed by atoms with Crippen molar-refractivity contribution in [2.45, 2.75) is 44.8 Å². The van der Waals surface area contributed by atoms with Gasteiger partial charge in [0.25, 0.3) is 5.92 Å². The molecule has 1 heterocycles. The third-order valence-corrected chi connectivity index (χ3v) is 2.56. The third-order valence-electron chi connectivity index (χ3n) is 2.56. The van der Waals surface area contributed by atoms with Crippen LogP contribution in [0.4, 0.5) is 13.6 Å². The molecule has 0 saturated carbocycles. The first kappa shape index (κ1) is 16.3. The molecule has 0 unspecified atom stereocenters. The van der Waals surface area contributed by atoms with E-state index in [0.29, 0.717) is 11.2 Å². The molecule has 1 rings (SSSR count). The van der Waals surface area contributed by atoms with Crippen LogP contribution >= 0.6 is 0 Å². The Labute approximate surface area is 115 Å². The van der Waals surface area contributed by atoms with Crippen LogP contribution in [-0.4, -0.2) is 53.8 Å². The molecular formula is C12H18F2N2O4. The molecule has 0 radical (unpaired) electrons. The molecule has 0 aromatic heterocycles. The Morgan fingerprint density at radius 3 is 2.55 bits per heavy atom. The molecule has 0 aromatic carbocycles. The molecule has 0 aliphatic carbocycles. The summed E-state index contributed by atoms with van der Waals surface area (Å²) in [5.41, 5.74) is -0.848. The highest BCUT2D eigenvalue weighted by molar-refractivity contribution is 5.87. The van der Waals surface area contributed by atoms with Gasteiger partial charge in [0.05, 0.1) is 13.1 Å². The van der Waals surface area contributed by atoms with Gasteiger partial charge in [0.2, 0.25) is 5.91 Å². The van der Waals surface area contributed by atoms with Crippen LogP contribution < -0.4 is 5.32 Å². The molecule has 1 fully saturated rings. The Kier molecular flexibility index (Phi) is 4.67. The first-order valence-corrected chi connectivity index (χ1v) is 6.14. The second kappa shape index (κ2) is 5.72. The van der Waals surface area contributed by atoms with Crippen LogP contribution in [0.2, 0.25) is 0 Å². The monoisotopic (exact) mass is 292 g/mol. The summed E-state index contributed by atoms with van der Waals surface area (Å²) in [6, 6.07) is -1.33. The van der Waals surface area contributed by atoms with Crippen LogP contribution in [0.5, 0.6) is 0 Å². The summed E-state index contributed by atoms with van der Waals surface area (Å²) in [5.74, 6) is -3.94. The smallest absolute Gasteiger partial charge is 0.411 e. The van der Waals surface area contributed by atoms with Gasteiger partial charge in [-0.2, -0.15) is 0 Å². The molecule has 114 valence electrons. The van der Waals surface area contributed by atoms with Crippen molar-refractivity contribution in [3.05, 3.63) is 0 Å². The largest absolute Gasteiger partial charge is 0.444 e. The summed E-state index contributed by atoms with van der Waals surface area (Å²) in [6.45, 7) is 3.63. The van der Waals surface area contributed by atoms with Gasteiger partial charge < -0.3 is 14.8 Å². The summed E-state index contributed by atoms with van der Waals surface area (Å²) >= 11 is 0. The van der Waals surface area contributed by atoms with Crippen LogP contribution in [-0.2, 0) is 14.3 Å². The zero-order valence-electron chi connectivity index (χ0n) is 11.6. The van der Waals surface area contributed by atoms with E-state index in [9.17, 15) is 23.2 Å². The number of carbonyl (C=O) groups is 3. The fourth-order valence-electron chi connectivity index (χ4n) is 1.82. The molecule has 2 amide bonds. The van der Waals surface area contributed by atoms with Crippen molar-refractivity contribution in [2.24, 2.45) is 0 Å². The van der Waals surface area contributed by atoms with E-state index in [0.717, 1.165) is 0 Å². The van der Waals surface area contributed by atoms with Crippen LogP contribution in [0.15, 0.2) is 0 Å². The molecule has 0 bridgehead atoms. The van der Waals surface area contributed by atoms with E-state index in [1.165, 1.54) is 0 Å². The number of nitrogens with one attached hydrogen (secondary N) is 1. The van der Waals surface area contributed by atoms with E-state index in [-0.39, 0.29) is 6.54 Å². The summed E-state index contributed by atoms with van der Waals surface area (Å²) in [7, 11) is 0. The Bertz CT molecular complexity index is 407. The van der Waals surface area contributed by atoms with Crippen molar-refractivity contribution in [3.8, 4) is 0 Å². The molecule has 1 N–H and O–H groups in total. The summed E-state index contributed by atoms with van der Waals surface area (Å²) in [6.07, 6.45) is -1.32. The van der Waals surface area contributed by atoms with Crippen molar-refractivity contribution in [3.63, 3.8) is 0 Å². The SMILES string of the molecule is CC(C)(C)OC(=O)N1CC(F)(F)C[C@H]1C(=O)NCC=O. The zero-order valence-corrected chi connectivity index (χ0v) is 11.6. The number of alkyl halides is 2. The predicted molar refractivity (Wildman–Crippen MR) is 65.4 cm³/mol. The summed E-state index contributed by atoms with van der Waals surface area (Å²) in [5, 5.41) is 2.17. The van der Waals surface area contributed by atoms with Gasteiger partial charge in [0.15, 0.2) is 0 Å². The summed E-state index contributed by atoms with van der Waals surface area (Å²) in [4.78, 5) is 34.5. The Morgan fingerprint density at radius 1 is 1.45 bits per heavy atom. The summed E-state index contributed by atoms with van der Waals surface area (Å²) < 4.78 is 31.8. The molecule has 0 spiro atoms. The van der Waals surface area contributed by atoms with Crippen molar-refractivity contribution in [1.82, 2.24) is 10.2 Å². The highest BCUT2D eigenvalue weighted by atomic mass is 19.3. The van der Waals surface area contributed by atoms with Gasteiger partial charge in [-0.1, -0.05) is 0 Å². The quantitative estimate of drug-likeness (QED) is 0.786. The topological polar surface area (TPSA) is 75.7 Å². The van der Waals surface area contributed by atoms with Crippen molar-refractivity contribution >= 4 is 18.3 Å². The highest BCUT2D eigenvalue weighted by Crippen LogP contribution is 2.33. The molecule has 0 aromatic rings. The first-order valence-electron chi connectivity index (χ1n) is 6.14. The minimum atomic E-state index is -3.15. The maximum atomic E-state index is 13.4. The molecule has 1 saturated heterocycles. The zero-order chi connectivity index (χ0) is 15.6. The molecule has 6 nitrogen and oxygen atoms in total. The second-order valence-electron chi connectivity index (χ2n) is 5.60. The standard InChI is InChI=1S/C12H18F2N2O4/c1-11(2,3)20-10(19)16-7-12(13,14)6-8(16)9(18)15-4-5-17/h5,8H,4,6-7H2,1-3H3,(H,15,18)/t8-/m0/s1. The number of likely N-dealkylation sites (tertiary alicyclic amines) is 1. The number of carbonyl (C=O) groups excluding carboxylic acids is 3. The lowest BCUT2D eigenvalue weighted by molar-refractivity contribution is -0.126. The fraction of sp³-hybridized carbons (Fsp3) is 0.750. The van der Waals surface area contributed by atoms with Crippen molar-refractivity contribution in [1.29, 1.82) is 0 Å². The number of hydrogen-bond donors (Lipinski definition) is 1. The Morgan fingerprint density at radius 2 is 2.05 bits per heavy atom. The van der Waals surface area contributed by atoms with Crippen LogP contribution in [0.25, 0.3) is 0 Å². The predicted octanol–water partition coefficient (Wildman–Crippen LogP) is 0.946. The lowest BCUT2D eigenvalue weighted by Gasteiger charge is -2.27. The van der Waals surface area contributed by atoms with Gasteiger partial charge in [0.1, 0.15) is 17.9 Å². The van der Waals surface area contributed by atoms with Gasteiger partial charge in [-0.05, 0) is 20.8 Å². The number of halogens is 2. The molecule has 1 aliphatic rings. The van der Waals surface area contributed by atoms with Gasteiger partial charge in [-0.25, -0.2) is 13.6 Å². The number of amides is 2. The number of hydrogen-bond acceptors (Lipinski definition) is 4. The van der Waals surface area contributed by atoms with Crippen LogP contribution in [0, 0.1) is 0 Å². The number of nitrogens with zero attached hydrogens (tertiary/aromatic N) is 1. The van der Waals surface area contributed by atoms with Gasteiger partial charge in [-0.15, -0.1) is 0 Å². The molecule has 20 heavy (non-hydrogen) atoms. The van der Waals surface area contributed by atoms with E-state index < -0.39 is 42.5 Å². The average molecular weight is 292 g/mol. The number of aldehydes is 1. The average Bonchev–Trinajstić information content (AvgIpc) is 2.60. The minimum Gasteiger partial charge on any atom is -0.444 e. The van der Waals surface area contributed by atoms with Crippen LogP contribution in [0.3, 0.4) is 0 Å². The lowest BCUT2D eigenvalue weighted by Crippen LogP contribution is -2.47. The molecule has 8 heteroatoms. The van der Waals surface area contributed by atoms with E-state index in [1.54, 1.807) is 20.8 Å². The molecular weight excluding hydrogens is 274 g/mol. The van der Waals surface area contributed by atoms with E-state index in [1.807, 2.05) is 0 Å². The third kappa shape index (κ3) is 4.43. The van der Waals surface area contributed by atoms with Crippen LogP contribution in [0.1, 0.15) is 27.2 Å². The molecule has 1 atom stereocenters. The van der Waals surface area contributed by atoms with Gasteiger partial charge >= 0.3 is 6.09 Å². The number of ether oxygens (including phenoxy) is 1. The fourth-order valence-corrected chi connectivity index (χ4v) is 1.82. The Hall–Kier alpha value is -1.73. The second-order valence-corrected chi connectivity index (χ2v) is 5.60. The van der Waals surface area contributed by atoms with E-state index in [2.05, 4.69) is 5.32 Å². The normalized spacial score (nSPS) is 21.4. The first-order chi connectivity index (χ1) is 9.06. The van der Waals surface area contributed by atoms with Crippen molar-refractivity contribution < 1.29 is 27.9 Å². The maximum Gasteiger partial charge on any atom is 0.411 e. The number of rotatable bonds is 3.